The highest BCUT2D eigenvalue weighted by atomic mass is 15.1. The zero-order valence-corrected chi connectivity index (χ0v) is 12.9. The van der Waals surface area contributed by atoms with Crippen LogP contribution in [0.25, 0.3) is 0 Å². The normalized spacial score (nSPS) is 11.2. The maximum atomic E-state index is 3.37. The van der Waals surface area contributed by atoms with Gasteiger partial charge in [-0.3, -0.25) is 4.90 Å². The van der Waals surface area contributed by atoms with E-state index in [1.165, 1.54) is 30.5 Å². The van der Waals surface area contributed by atoms with Crippen molar-refractivity contribution >= 4 is 0 Å². The first-order valence-corrected chi connectivity index (χ1v) is 7.81. The summed E-state index contributed by atoms with van der Waals surface area (Å²) in [5.74, 6) is 0. The summed E-state index contributed by atoms with van der Waals surface area (Å²) in [5.41, 5.74) is 2.87. The Hall–Kier alpha value is -0.860. The molecule has 0 saturated carbocycles. The van der Waals surface area contributed by atoms with Crippen molar-refractivity contribution in [1.29, 1.82) is 0 Å². The van der Waals surface area contributed by atoms with E-state index in [9.17, 15) is 0 Å². The van der Waals surface area contributed by atoms with Crippen molar-refractivity contribution in [2.45, 2.75) is 46.6 Å². The minimum absolute atomic E-state index is 1.06. The van der Waals surface area contributed by atoms with Crippen LogP contribution in [-0.4, -0.2) is 31.1 Å². The molecule has 0 radical (unpaired) electrons. The molecule has 0 saturated heterocycles. The van der Waals surface area contributed by atoms with Crippen molar-refractivity contribution in [1.82, 2.24) is 10.2 Å². The first kappa shape index (κ1) is 16.2. The van der Waals surface area contributed by atoms with E-state index in [0.29, 0.717) is 0 Å². The van der Waals surface area contributed by atoms with Gasteiger partial charge in [-0.25, -0.2) is 0 Å². The van der Waals surface area contributed by atoms with E-state index in [1.807, 2.05) is 0 Å². The highest BCUT2D eigenvalue weighted by Crippen LogP contribution is 2.09. The van der Waals surface area contributed by atoms with Crippen molar-refractivity contribution in [3.05, 3.63) is 35.4 Å². The van der Waals surface area contributed by atoms with Crippen molar-refractivity contribution in [3.63, 3.8) is 0 Å². The third-order valence-corrected chi connectivity index (χ3v) is 3.54. The van der Waals surface area contributed by atoms with E-state index >= 15 is 0 Å². The molecular formula is C17H30N2. The minimum atomic E-state index is 1.06. The number of benzene rings is 1. The second kappa shape index (κ2) is 9.99. The average molecular weight is 262 g/mol. The highest BCUT2D eigenvalue weighted by molar-refractivity contribution is 5.22. The van der Waals surface area contributed by atoms with Crippen LogP contribution >= 0.6 is 0 Å². The molecule has 0 aliphatic rings. The maximum absolute atomic E-state index is 3.37. The molecule has 0 aliphatic heterocycles. The molecule has 0 atom stereocenters. The van der Waals surface area contributed by atoms with Crippen LogP contribution in [0.4, 0.5) is 0 Å². The van der Waals surface area contributed by atoms with Gasteiger partial charge in [0, 0.05) is 6.54 Å². The van der Waals surface area contributed by atoms with Crippen molar-refractivity contribution in [3.8, 4) is 0 Å². The van der Waals surface area contributed by atoms with E-state index < -0.39 is 0 Å². The van der Waals surface area contributed by atoms with E-state index in [0.717, 1.165) is 32.6 Å². The predicted molar refractivity (Wildman–Crippen MR) is 84.5 cm³/mol. The number of nitrogens with zero attached hydrogens (tertiary/aromatic N) is 1. The van der Waals surface area contributed by atoms with Crippen LogP contribution in [0.1, 0.15) is 44.7 Å². The monoisotopic (exact) mass is 262 g/mol. The standard InChI is InChI=1S/C17H30N2/c1-4-7-14-19(6-3)15-17-10-8-16(9-11-17)12-13-18-5-2/h8-11,18H,4-7,12-15H2,1-3H3. The molecule has 0 aliphatic carbocycles. The van der Waals surface area contributed by atoms with Crippen molar-refractivity contribution < 1.29 is 0 Å². The number of nitrogens with one attached hydrogen (secondary N) is 1. The lowest BCUT2D eigenvalue weighted by atomic mass is 10.1. The topological polar surface area (TPSA) is 15.3 Å². The molecule has 2 heteroatoms. The van der Waals surface area contributed by atoms with Crippen LogP contribution < -0.4 is 5.32 Å². The van der Waals surface area contributed by atoms with Gasteiger partial charge in [0.15, 0.2) is 0 Å². The summed E-state index contributed by atoms with van der Waals surface area (Å²) >= 11 is 0. The lowest BCUT2D eigenvalue weighted by Gasteiger charge is -2.20. The Bertz CT molecular complexity index is 319. The summed E-state index contributed by atoms with van der Waals surface area (Å²) in [6.45, 7) is 12.2. The van der Waals surface area contributed by atoms with Crippen LogP contribution in [0.3, 0.4) is 0 Å². The first-order chi connectivity index (χ1) is 9.30. The third-order valence-electron chi connectivity index (χ3n) is 3.54. The number of unbranched alkanes of at least 4 members (excludes halogenated alkanes) is 1. The lowest BCUT2D eigenvalue weighted by Crippen LogP contribution is -2.23. The molecule has 1 aromatic rings. The zero-order chi connectivity index (χ0) is 13.9. The van der Waals surface area contributed by atoms with Crippen LogP contribution in [0.2, 0.25) is 0 Å². The molecule has 19 heavy (non-hydrogen) atoms. The second-order valence-electron chi connectivity index (χ2n) is 5.14. The van der Waals surface area contributed by atoms with Gasteiger partial charge in [-0.05, 0) is 50.1 Å². The van der Waals surface area contributed by atoms with E-state index in [-0.39, 0.29) is 0 Å². The van der Waals surface area contributed by atoms with Gasteiger partial charge in [0.25, 0.3) is 0 Å². The van der Waals surface area contributed by atoms with Gasteiger partial charge in [0.05, 0.1) is 0 Å². The lowest BCUT2D eigenvalue weighted by molar-refractivity contribution is 0.275. The molecule has 108 valence electrons. The van der Waals surface area contributed by atoms with Crippen molar-refractivity contribution in [2.24, 2.45) is 0 Å². The first-order valence-electron chi connectivity index (χ1n) is 7.81. The zero-order valence-electron chi connectivity index (χ0n) is 12.9. The molecule has 0 aromatic heterocycles. The molecule has 1 aromatic carbocycles. The Morgan fingerprint density at radius 2 is 1.68 bits per heavy atom. The summed E-state index contributed by atoms with van der Waals surface area (Å²) in [5, 5.41) is 3.37. The van der Waals surface area contributed by atoms with Gasteiger partial charge < -0.3 is 5.32 Å². The van der Waals surface area contributed by atoms with Gasteiger partial charge in [0.1, 0.15) is 0 Å². The molecule has 1 rings (SSSR count). The third kappa shape index (κ3) is 6.74. The fraction of sp³-hybridized carbons (Fsp3) is 0.647. The SMILES string of the molecule is CCCCN(CC)Cc1ccc(CCNCC)cc1. The Balaban J connectivity index is 2.41. The Morgan fingerprint density at radius 1 is 1.00 bits per heavy atom. The predicted octanol–water partition coefficient (Wildman–Crippen LogP) is 3.46. The van der Waals surface area contributed by atoms with Gasteiger partial charge in [-0.15, -0.1) is 0 Å². The molecule has 0 spiro atoms. The van der Waals surface area contributed by atoms with E-state index in [1.54, 1.807) is 0 Å². The quantitative estimate of drug-likeness (QED) is 0.650. The average Bonchev–Trinajstić information content (AvgIpc) is 2.45. The van der Waals surface area contributed by atoms with E-state index in [2.05, 4.69) is 55.3 Å². The highest BCUT2D eigenvalue weighted by Gasteiger charge is 2.03. The van der Waals surface area contributed by atoms with Gasteiger partial charge in [-0.2, -0.15) is 0 Å². The molecular weight excluding hydrogens is 232 g/mol. The largest absolute Gasteiger partial charge is 0.317 e. The molecule has 0 amide bonds. The van der Waals surface area contributed by atoms with Gasteiger partial charge in [-0.1, -0.05) is 51.5 Å². The minimum Gasteiger partial charge on any atom is -0.317 e. The fourth-order valence-electron chi connectivity index (χ4n) is 2.21. The van der Waals surface area contributed by atoms with Crippen LogP contribution in [-0.2, 0) is 13.0 Å². The van der Waals surface area contributed by atoms with E-state index in [4.69, 9.17) is 0 Å². The maximum Gasteiger partial charge on any atom is 0.0233 e. The number of likely N-dealkylation sites (N-methyl/N-ethyl adjacent to an activating group) is 1. The smallest absolute Gasteiger partial charge is 0.0233 e. The summed E-state index contributed by atoms with van der Waals surface area (Å²) in [6, 6.07) is 9.13. The summed E-state index contributed by atoms with van der Waals surface area (Å²) in [7, 11) is 0. The van der Waals surface area contributed by atoms with Gasteiger partial charge in [0.2, 0.25) is 0 Å². The van der Waals surface area contributed by atoms with Crippen LogP contribution in [0.5, 0.6) is 0 Å². The summed E-state index contributed by atoms with van der Waals surface area (Å²) in [4.78, 5) is 2.52. The Labute approximate surface area is 119 Å². The molecule has 0 unspecified atom stereocenters. The summed E-state index contributed by atoms with van der Waals surface area (Å²) < 4.78 is 0. The fourth-order valence-corrected chi connectivity index (χ4v) is 2.21. The number of rotatable bonds is 10. The molecule has 0 heterocycles. The molecule has 0 fully saturated rings. The Morgan fingerprint density at radius 3 is 2.26 bits per heavy atom. The molecule has 0 bridgehead atoms. The molecule has 1 N–H and O–H groups in total. The second-order valence-corrected chi connectivity index (χ2v) is 5.14. The Kier molecular flexibility index (Phi) is 8.52. The number of hydrogen-bond acceptors (Lipinski definition) is 2. The van der Waals surface area contributed by atoms with Crippen LogP contribution in [0, 0.1) is 0 Å². The van der Waals surface area contributed by atoms with Crippen LogP contribution in [0.15, 0.2) is 24.3 Å². The number of hydrogen-bond donors (Lipinski definition) is 1. The summed E-state index contributed by atoms with van der Waals surface area (Å²) in [6.07, 6.45) is 3.70. The molecule has 2 nitrogen and oxygen atoms in total. The van der Waals surface area contributed by atoms with Gasteiger partial charge >= 0.3 is 0 Å². The van der Waals surface area contributed by atoms with Crippen molar-refractivity contribution in [2.75, 3.05) is 26.2 Å².